The van der Waals surface area contributed by atoms with E-state index in [0.29, 0.717) is 0 Å². The SMILES string of the molecule is CN=C(NCc1ccccc1OCC1CC1)NCC1CCCS1. The van der Waals surface area contributed by atoms with Crippen LogP contribution in [0.1, 0.15) is 31.2 Å². The lowest BCUT2D eigenvalue weighted by Crippen LogP contribution is -2.39. The Morgan fingerprint density at radius 2 is 2.13 bits per heavy atom. The van der Waals surface area contributed by atoms with E-state index < -0.39 is 0 Å². The molecule has 1 aliphatic heterocycles. The Morgan fingerprint density at radius 1 is 1.26 bits per heavy atom. The normalized spacial score (nSPS) is 21.3. The summed E-state index contributed by atoms with van der Waals surface area (Å²) >= 11 is 2.06. The molecule has 23 heavy (non-hydrogen) atoms. The molecule has 0 aromatic heterocycles. The molecule has 0 bridgehead atoms. The van der Waals surface area contributed by atoms with E-state index in [4.69, 9.17) is 4.74 Å². The van der Waals surface area contributed by atoms with Crippen LogP contribution in [0, 0.1) is 5.92 Å². The van der Waals surface area contributed by atoms with Crippen molar-refractivity contribution in [3.05, 3.63) is 29.8 Å². The number of ether oxygens (including phenoxy) is 1. The number of aliphatic imine (C=N–C) groups is 1. The molecule has 1 aromatic rings. The van der Waals surface area contributed by atoms with Crippen molar-refractivity contribution in [3.63, 3.8) is 0 Å². The second kappa shape index (κ2) is 8.48. The van der Waals surface area contributed by atoms with Crippen LogP contribution in [0.15, 0.2) is 29.3 Å². The minimum absolute atomic E-state index is 0.725. The number of guanidine groups is 1. The molecule has 1 aromatic carbocycles. The summed E-state index contributed by atoms with van der Waals surface area (Å²) in [7, 11) is 1.83. The monoisotopic (exact) mass is 333 g/mol. The summed E-state index contributed by atoms with van der Waals surface area (Å²) in [5.41, 5.74) is 1.19. The Balaban J connectivity index is 1.47. The maximum Gasteiger partial charge on any atom is 0.191 e. The van der Waals surface area contributed by atoms with Crippen molar-refractivity contribution >= 4 is 17.7 Å². The molecule has 0 spiro atoms. The van der Waals surface area contributed by atoms with Gasteiger partial charge in [-0.3, -0.25) is 4.99 Å². The number of benzene rings is 1. The Bertz CT molecular complexity index is 525. The van der Waals surface area contributed by atoms with Gasteiger partial charge < -0.3 is 15.4 Å². The molecule has 5 heteroatoms. The predicted molar refractivity (Wildman–Crippen MR) is 98.3 cm³/mol. The first-order valence-corrected chi connectivity index (χ1v) is 9.67. The van der Waals surface area contributed by atoms with Crippen molar-refractivity contribution in [3.8, 4) is 5.75 Å². The third-order valence-corrected chi connectivity index (χ3v) is 5.73. The largest absolute Gasteiger partial charge is 0.493 e. The van der Waals surface area contributed by atoms with Crippen molar-refractivity contribution in [2.45, 2.75) is 37.5 Å². The highest BCUT2D eigenvalue weighted by Crippen LogP contribution is 2.30. The topological polar surface area (TPSA) is 45.7 Å². The van der Waals surface area contributed by atoms with Gasteiger partial charge >= 0.3 is 0 Å². The molecule has 4 nitrogen and oxygen atoms in total. The van der Waals surface area contributed by atoms with Gasteiger partial charge in [-0.2, -0.15) is 11.8 Å². The van der Waals surface area contributed by atoms with Gasteiger partial charge in [0, 0.05) is 31.0 Å². The van der Waals surface area contributed by atoms with Crippen LogP contribution < -0.4 is 15.4 Å². The number of nitrogens with one attached hydrogen (secondary N) is 2. The molecule has 2 N–H and O–H groups in total. The van der Waals surface area contributed by atoms with Crippen LogP contribution in [0.4, 0.5) is 0 Å². The highest BCUT2D eigenvalue weighted by atomic mass is 32.2. The average molecular weight is 334 g/mol. The summed E-state index contributed by atoms with van der Waals surface area (Å²) in [6.07, 6.45) is 5.29. The van der Waals surface area contributed by atoms with E-state index >= 15 is 0 Å². The zero-order valence-corrected chi connectivity index (χ0v) is 14.7. The highest BCUT2D eigenvalue weighted by molar-refractivity contribution is 8.00. The summed E-state index contributed by atoms with van der Waals surface area (Å²) in [4.78, 5) is 4.32. The molecule has 1 atom stereocenters. The molecule has 1 aliphatic carbocycles. The molecule has 0 amide bonds. The summed E-state index contributed by atoms with van der Waals surface area (Å²) in [6, 6.07) is 8.28. The summed E-state index contributed by atoms with van der Waals surface area (Å²) in [6.45, 7) is 2.57. The summed E-state index contributed by atoms with van der Waals surface area (Å²) in [5.74, 6) is 3.93. The van der Waals surface area contributed by atoms with Crippen LogP contribution in [-0.2, 0) is 6.54 Å². The summed E-state index contributed by atoms with van der Waals surface area (Å²) < 4.78 is 5.96. The van der Waals surface area contributed by atoms with Crippen molar-refractivity contribution in [2.24, 2.45) is 10.9 Å². The molecule has 2 fully saturated rings. The molecule has 1 saturated heterocycles. The van der Waals surface area contributed by atoms with Gasteiger partial charge in [0.2, 0.25) is 0 Å². The fourth-order valence-corrected chi connectivity index (χ4v) is 3.90. The number of thioether (sulfide) groups is 1. The molecular formula is C18H27N3OS. The number of rotatable bonds is 7. The minimum Gasteiger partial charge on any atom is -0.493 e. The summed E-state index contributed by atoms with van der Waals surface area (Å²) in [5, 5.41) is 7.57. The van der Waals surface area contributed by atoms with Crippen molar-refractivity contribution < 1.29 is 4.74 Å². The minimum atomic E-state index is 0.725. The van der Waals surface area contributed by atoms with E-state index in [1.807, 2.05) is 13.1 Å². The molecule has 2 aliphatic rings. The van der Waals surface area contributed by atoms with Crippen LogP contribution in [0.25, 0.3) is 0 Å². The van der Waals surface area contributed by atoms with Gasteiger partial charge in [-0.05, 0) is 43.4 Å². The van der Waals surface area contributed by atoms with E-state index in [1.165, 1.54) is 37.0 Å². The van der Waals surface area contributed by atoms with Gasteiger partial charge in [-0.15, -0.1) is 0 Å². The lowest BCUT2D eigenvalue weighted by atomic mass is 10.2. The van der Waals surface area contributed by atoms with Crippen molar-refractivity contribution in [1.82, 2.24) is 10.6 Å². The van der Waals surface area contributed by atoms with Crippen LogP contribution in [0.5, 0.6) is 5.75 Å². The predicted octanol–water partition coefficient (Wildman–Crippen LogP) is 3.04. The van der Waals surface area contributed by atoms with Crippen LogP contribution >= 0.6 is 11.8 Å². The third kappa shape index (κ3) is 5.34. The van der Waals surface area contributed by atoms with Gasteiger partial charge in [0.1, 0.15) is 5.75 Å². The number of para-hydroxylation sites is 1. The van der Waals surface area contributed by atoms with E-state index in [1.54, 1.807) is 0 Å². The van der Waals surface area contributed by atoms with Crippen molar-refractivity contribution in [2.75, 3.05) is 26.0 Å². The molecule has 1 unspecified atom stereocenters. The van der Waals surface area contributed by atoms with Gasteiger partial charge in [-0.25, -0.2) is 0 Å². The fraction of sp³-hybridized carbons (Fsp3) is 0.611. The van der Waals surface area contributed by atoms with E-state index in [2.05, 4.69) is 45.6 Å². The maximum atomic E-state index is 5.96. The standard InChI is InChI=1S/C18H27N3OS/c1-19-18(21-12-16-6-4-10-23-16)20-11-15-5-2-3-7-17(15)22-13-14-8-9-14/h2-3,5,7,14,16H,4,6,8-13H2,1H3,(H2,19,20,21). The molecule has 0 radical (unpaired) electrons. The van der Waals surface area contributed by atoms with Gasteiger partial charge in [0.25, 0.3) is 0 Å². The second-order valence-electron chi connectivity index (χ2n) is 6.30. The smallest absolute Gasteiger partial charge is 0.191 e. The number of nitrogens with zero attached hydrogens (tertiary/aromatic N) is 1. The maximum absolute atomic E-state index is 5.96. The molecule has 3 rings (SSSR count). The Labute approximate surface area is 143 Å². The van der Waals surface area contributed by atoms with E-state index in [0.717, 1.165) is 42.6 Å². The third-order valence-electron chi connectivity index (χ3n) is 4.34. The average Bonchev–Trinajstić information content (AvgIpc) is 3.27. The zero-order chi connectivity index (χ0) is 15.9. The van der Waals surface area contributed by atoms with Crippen LogP contribution in [0.2, 0.25) is 0 Å². The lowest BCUT2D eigenvalue weighted by molar-refractivity contribution is 0.296. The van der Waals surface area contributed by atoms with Gasteiger partial charge in [0.05, 0.1) is 6.61 Å². The molecule has 126 valence electrons. The van der Waals surface area contributed by atoms with Crippen LogP contribution in [0.3, 0.4) is 0 Å². The first-order valence-electron chi connectivity index (χ1n) is 8.62. The Morgan fingerprint density at radius 3 is 2.87 bits per heavy atom. The van der Waals surface area contributed by atoms with Gasteiger partial charge in [0.15, 0.2) is 5.96 Å². The Hall–Kier alpha value is -1.36. The van der Waals surface area contributed by atoms with E-state index in [-0.39, 0.29) is 0 Å². The number of hydrogen-bond acceptors (Lipinski definition) is 3. The highest BCUT2D eigenvalue weighted by Gasteiger charge is 2.22. The molecule has 1 saturated carbocycles. The quantitative estimate of drug-likeness (QED) is 0.595. The Kier molecular flexibility index (Phi) is 6.08. The van der Waals surface area contributed by atoms with E-state index in [9.17, 15) is 0 Å². The fourth-order valence-electron chi connectivity index (χ4n) is 2.70. The first-order chi connectivity index (χ1) is 11.3. The van der Waals surface area contributed by atoms with Gasteiger partial charge in [-0.1, -0.05) is 18.2 Å². The molecule has 1 heterocycles. The zero-order valence-electron chi connectivity index (χ0n) is 13.9. The lowest BCUT2D eigenvalue weighted by Gasteiger charge is -2.16. The van der Waals surface area contributed by atoms with Crippen molar-refractivity contribution in [1.29, 1.82) is 0 Å². The van der Waals surface area contributed by atoms with Crippen LogP contribution in [-0.4, -0.2) is 37.2 Å². The molecular weight excluding hydrogens is 306 g/mol. The second-order valence-corrected chi connectivity index (χ2v) is 7.71. The first kappa shape index (κ1) is 16.5. The number of hydrogen-bond donors (Lipinski definition) is 2.